The summed E-state index contributed by atoms with van der Waals surface area (Å²) in [6.07, 6.45) is 0. The molecule has 0 spiro atoms. The van der Waals surface area contributed by atoms with Crippen molar-refractivity contribution in [3.8, 4) is 23.6 Å². The molecular weight excluding hydrogens is 270 g/mol. The fourth-order valence-electron chi connectivity index (χ4n) is 1.73. The van der Waals surface area contributed by atoms with E-state index in [9.17, 15) is 10.1 Å². The molecule has 102 valence electrons. The highest BCUT2D eigenvalue weighted by atomic mass is 16.6. The molecule has 0 heterocycles. The van der Waals surface area contributed by atoms with Crippen LogP contribution >= 0.6 is 0 Å². The van der Waals surface area contributed by atoms with Crippen LogP contribution in [0.5, 0.6) is 11.5 Å². The number of nitro groups is 1. The summed E-state index contributed by atoms with van der Waals surface area (Å²) in [5, 5.41) is 28.6. The first-order valence-electron chi connectivity index (χ1n) is 5.92. The lowest BCUT2D eigenvalue weighted by Crippen LogP contribution is -1.94. The fraction of sp³-hybridized carbons (Fsp3) is 0.0667. The number of nitrogens with zero attached hydrogens (tertiary/aromatic N) is 3. The maximum atomic E-state index is 10.8. The van der Waals surface area contributed by atoms with Crippen LogP contribution in [0.25, 0.3) is 0 Å². The van der Waals surface area contributed by atoms with Crippen LogP contribution in [0.3, 0.4) is 0 Å². The largest absolute Gasteiger partial charge is 0.457 e. The van der Waals surface area contributed by atoms with E-state index in [1.807, 2.05) is 13.0 Å². The van der Waals surface area contributed by atoms with Crippen LogP contribution < -0.4 is 4.74 Å². The molecule has 0 atom stereocenters. The Hall–Kier alpha value is -3.38. The number of nitro benzene ring substituents is 1. The zero-order chi connectivity index (χ0) is 15.4. The summed E-state index contributed by atoms with van der Waals surface area (Å²) in [5.41, 5.74) is 0.905. The van der Waals surface area contributed by atoms with Crippen molar-refractivity contribution in [1.29, 1.82) is 10.5 Å². The third-order valence-corrected chi connectivity index (χ3v) is 2.83. The lowest BCUT2D eigenvalue weighted by Gasteiger charge is -2.09. The molecule has 0 saturated heterocycles. The van der Waals surface area contributed by atoms with Crippen molar-refractivity contribution in [2.45, 2.75) is 6.92 Å². The van der Waals surface area contributed by atoms with Gasteiger partial charge in [0, 0.05) is 12.1 Å². The molecule has 0 bridgehead atoms. The van der Waals surface area contributed by atoms with Gasteiger partial charge in [0.1, 0.15) is 23.1 Å². The van der Waals surface area contributed by atoms with Gasteiger partial charge in [-0.2, -0.15) is 10.5 Å². The van der Waals surface area contributed by atoms with Crippen molar-refractivity contribution in [2.75, 3.05) is 0 Å². The first-order valence-corrected chi connectivity index (χ1v) is 5.92. The highest BCUT2D eigenvalue weighted by molar-refractivity contribution is 5.53. The van der Waals surface area contributed by atoms with E-state index in [2.05, 4.69) is 0 Å². The molecule has 2 aromatic rings. The number of benzene rings is 2. The van der Waals surface area contributed by atoms with Gasteiger partial charge in [0.05, 0.1) is 16.6 Å². The highest BCUT2D eigenvalue weighted by Crippen LogP contribution is 2.29. The quantitative estimate of drug-likeness (QED) is 0.632. The molecule has 6 heteroatoms. The predicted octanol–water partition coefficient (Wildman–Crippen LogP) is 3.44. The Morgan fingerprint density at radius 3 is 2.52 bits per heavy atom. The molecule has 0 fully saturated rings. The second-order valence-corrected chi connectivity index (χ2v) is 4.24. The second-order valence-electron chi connectivity index (χ2n) is 4.24. The molecular formula is C15H9N3O3. The maximum Gasteiger partial charge on any atom is 0.287 e. The maximum absolute atomic E-state index is 10.8. The molecule has 0 unspecified atom stereocenters. The van der Waals surface area contributed by atoms with E-state index in [1.54, 1.807) is 24.3 Å². The standard InChI is InChI=1S/C15H9N3O3/c1-10-2-3-11(8-16)6-15(10)21-13-4-5-14(18(19)20)12(7-13)9-17/h2-7H,1H3. The zero-order valence-corrected chi connectivity index (χ0v) is 11.0. The van der Waals surface area contributed by atoms with E-state index in [0.29, 0.717) is 17.1 Å². The van der Waals surface area contributed by atoms with Gasteiger partial charge >= 0.3 is 0 Å². The Bertz CT molecular complexity index is 801. The van der Waals surface area contributed by atoms with E-state index in [4.69, 9.17) is 15.3 Å². The van der Waals surface area contributed by atoms with Crippen LogP contribution in [0.4, 0.5) is 5.69 Å². The van der Waals surface area contributed by atoms with Crippen LogP contribution in [-0.4, -0.2) is 4.92 Å². The average Bonchev–Trinajstić information content (AvgIpc) is 2.49. The Labute approximate surface area is 120 Å². The lowest BCUT2D eigenvalue weighted by atomic mass is 10.1. The molecule has 2 aromatic carbocycles. The molecule has 0 aliphatic carbocycles. The monoisotopic (exact) mass is 279 g/mol. The van der Waals surface area contributed by atoms with E-state index in [1.165, 1.54) is 18.2 Å². The molecule has 6 nitrogen and oxygen atoms in total. The van der Waals surface area contributed by atoms with Crippen LogP contribution in [0, 0.1) is 39.7 Å². The van der Waals surface area contributed by atoms with E-state index in [-0.39, 0.29) is 11.3 Å². The van der Waals surface area contributed by atoms with Gasteiger partial charge in [0.15, 0.2) is 0 Å². The first kappa shape index (κ1) is 14.0. The Morgan fingerprint density at radius 2 is 1.90 bits per heavy atom. The van der Waals surface area contributed by atoms with E-state index < -0.39 is 4.92 Å². The fourth-order valence-corrected chi connectivity index (χ4v) is 1.73. The van der Waals surface area contributed by atoms with Crippen LogP contribution in [0.15, 0.2) is 36.4 Å². The van der Waals surface area contributed by atoms with Crippen molar-refractivity contribution in [1.82, 2.24) is 0 Å². The van der Waals surface area contributed by atoms with E-state index >= 15 is 0 Å². The number of aryl methyl sites for hydroxylation is 1. The van der Waals surface area contributed by atoms with Gasteiger partial charge in [-0.15, -0.1) is 0 Å². The summed E-state index contributed by atoms with van der Waals surface area (Å²) in [7, 11) is 0. The SMILES string of the molecule is Cc1ccc(C#N)cc1Oc1ccc([N+](=O)[O-])c(C#N)c1. The Kier molecular flexibility index (Phi) is 3.83. The Balaban J connectivity index is 2.39. The zero-order valence-electron chi connectivity index (χ0n) is 11.0. The minimum atomic E-state index is -0.621. The summed E-state index contributed by atoms with van der Waals surface area (Å²) in [5.74, 6) is 0.766. The minimum absolute atomic E-state index is 0.0772. The van der Waals surface area contributed by atoms with Crippen molar-refractivity contribution in [3.05, 3.63) is 63.2 Å². The topological polar surface area (TPSA) is 99.9 Å². The third kappa shape index (κ3) is 2.96. The third-order valence-electron chi connectivity index (χ3n) is 2.83. The Morgan fingerprint density at radius 1 is 1.14 bits per heavy atom. The van der Waals surface area contributed by atoms with Crippen molar-refractivity contribution in [2.24, 2.45) is 0 Å². The van der Waals surface area contributed by atoms with Gasteiger partial charge in [-0.1, -0.05) is 6.07 Å². The second kappa shape index (κ2) is 5.72. The minimum Gasteiger partial charge on any atom is -0.457 e. The predicted molar refractivity (Wildman–Crippen MR) is 73.8 cm³/mol. The molecule has 21 heavy (non-hydrogen) atoms. The van der Waals surface area contributed by atoms with Gasteiger partial charge < -0.3 is 4.74 Å². The molecule has 0 aliphatic heterocycles. The molecule has 0 radical (unpaired) electrons. The van der Waals surface area contributed by atoms with Crippen molar-refractivity contribution < 1.29 is 9.66 Å². The highest BCUT2D eigenvalue weighted by Gasteiger charge is 2.15. The molecule has 0 aromatic heterocycles. The summed E-state index contributed by atoms with van der Waals surface area (Å²) in [6.45, 7) is 1.81. The van der Waals surface area contributed by atoms with Crippen LogP contribution in [0.2, 0.25) is 0 Å². The molecule has 0 amide bonds. The van der Waals surface area contributed by atoms with Crippen molar-refractivity contribution in [3.63, 3.8) is 0 Å². The first-order chi connectivity index (χ1) is 10.0. The smallest absolute Gasteiger partial charge is 0.287 e. The number of nitriles is 2. The lowest BCUT2D eigenvalue weighted by molar-refractivity contribution is -0.385. The summed E-state index contributed by atoms with van der Waals surface area (Å²) >= 11 is 0. The van der Waals surface area contributed by atoms with Gasteiger partial charge in [-0.25, -0.2) is 0 Å². The van der Waals surface area contributed by atoms with Gasteiger partial charge in [0.2, 0.25) is 0 Å². The summed E-state index contributed by atoms with van der Waals surface area (Å²) < 4.78 is 5.60. The molecule has 0 aliphatic rings. The normalized spacial score (nSPS) is 9.48. The van der Waals surface area contributed by atoms with Gasteiger partial charge in [0.25, 0.3) is 5.69 Å². The summed E-state index contributed by atoms with van der Waals surface area (Å²) in [6, 6.07) is 12.7. The van der Waals surface area contributed by atoms with Gasteiger partial charge in [-0.3, -0.25) is 10.1 Å². The number of hydrogen-bond donors (Lipinski definition) is 0. The molecule has 0 saturated carbocycles. The number of rotatable bonds is 3. The molecule has 2 rings (SSSR count). The van der Waals surface area contributed by atoms with Crippen molar-refractivity contribution >= 4 is 5.69 Å². The average molecular weight is 279 g/mol. The van der Waals surface area contributed by atoms with E-state index in [0.717, 1.165) is 5.56 Å². The molecule has 0 N–H and O–H groups in total. The van der Waals surface area contributed by atoms with Gasteiger partial charge in [-0.05, 0) is 30.7 Å². The summed E-state index contributed by atoms with van der Waals surface area (Å²) in [4.78, 5) is 10.1. The van der Waals surface area contributed by atoms with Crippen LogP contribution in [0.1, 0.15) is 16.7 Å². The van der Waals surface area contributed by atoms with Crippen LogP contribution in [-0.2, 0) is 0 Å². The number of ether oxygens (including phenoxy) is 1. The number of hydrogen-bond acceptors (Lipinski definition) is 5.